The first-order valence-corrected chi connectivity index (χ1v) is 11.0. The van der Waals surface area contributed by atoms with Gasteiger partial charge in [0.2, 0.25) is 0 Å². The molecule has 0 aliphatic carbocycles. The fraction of sp³-hybridized carbons (Fsp3) is 0.611. The smallest absolute Gasteiger partial charge is 0.414 e. The number of esters is 1. The van der Waals surface area contributed by atoms with Crippen LogP contribution in [0.15, 0.2) is 11.1 Å². The Hall–Kier alpha value is -1.98. The summed E-state index contributed by atoms with van der Waals surface area (Å²) in [6.07, 6.45) is 4.97. The minimum Gasteiger partial charge on any atom is -0.473 e. The van der Waals surface area contributed by atoms with Crippen LogP contribution in [0.1, 0.15) is 38.8 Å². The molecule has 1 aromatic heterocycles. The number of rotatable bonds is 8. The molecule has 0 saturated carbocycles. The molecular weight excluding hydrogens is 418 g/mol. The molecule has 1 atom stereocenters. The number of aliphatic carboxylic acids is 2. The number of hydrogen-bond acceptors (Lipinski definition) is 9. The van der Waals surface area contributed by atoms with Crippen molar-refractivity contribution in [2.75, 3.05) is 32.5 Å². The first kappa shape index (κ1) is 25.1. The van der Waals surface area contributed by atoms with Gasteiger partial charge in [0.05, 0.1) is 24.3 Å². The largest absolute Gasteiger partial charge is 0.473 e. The summed E-state index contributed by atoms with van der Waals surface area (Å²) in [4.78, 5) is 32.3. The molecule has 1 aliphatic heterocycles. The van der Waals surface area contributed by atoms with Gasteiger partial charge in [0, 0.05) is 18.8 Å². The first-order valence-electron chi connectivity index (χ1n) is 9.26. The molecule has 0 saturated heterocycles. The zero-order chi connectivity index (χ0) is 21.8. The van der Waals surface area contributed by atoms with E-state index >= 15 is 0 Å². The van der Waals surface area contributed by atoms with Gasteiger partial charge in [0.15, 0.2) is 0 Å². The van der Waals surface area contributed by atoms with Crippen LogP contribution in [-0.4, -0.2) is 74.3 Å². The van der Waals surface area contributed by atoms with Crippen molar-refractivity contribution in [1.29, 1.82) is 0 Å². The van der Waals surface area contributed by atoms with Gasteiger partial charge in [-0.1, -0.05) is 13.0 Å². The molecule has 0 aromatic carbocycles. The molecular formula is C18H27N3O6S2. The van der Waals surface area contributed by atoms with Crippen LogP contribution < -0.4 is 0 Å². The summed E-state index contributed by atoms with van der Waals surface area (Å²) in [6, 6.07) is 0. The van der Waals surface area contributed by atoms with Crippen molar-refractivity contribution in [2.45, 2.75) is 38.1 Å². The maximum Gasteiger partial charge on any atom is 0.414 e. The van der Waals surface area contributed by atoms with Crippen molar-refractivity contribution >= 4 is 47.0 Å². The van der Waals surface area contributed by atoms with Gasteiger partial charge in [-0.2, -0.15) is 8.75 Å². The van der Waals surface area contributed by atoms with Crippen molar-refractivity contribution in [3.63, 3.8) is 0 Å². The van der Waals surface area contributed by atoms with E-state index in [9.17, 15) is 4.79 Å². The Morgan fingerprint density at radius 1 is 1.28 bits per heavy atom. The molecule has 1 unspecified atom stereocenters. The lowest BCUT2D eigenvalue weighted by atomic mass is 10.0. The Morgan fingerprint density at radius 3 is 2.52 bits per heavy atom. The second kappa shape index (κ2) is 13.3. The number of nitrogens with zero attached hydrogens (tertiary/aromatic N) is 3. The van der Waals surface area contributed by atoms with Crippen LogP contribution >= 0.6 is 23.5 Å². The summed E-state index contributed by atoms with van der Waals surface area (Å²) in [5.74, 6) is -2.88. The van der Waals surface area contributed by atoms with Gasteiger partial charge in [0.25, 0.3) is 0 Å². The number of thioether (sulfide) groups is 1. The number of carboxylic acids is 2. The average molecular weight is 446 g/mol. The van der Waals surface area contributed by atoms with Gasteiger partial charge < -0.3 is 19.8 Å². The predicted octanol–water partition coefficient (Wildman–Crippen LogP) is 2.48. The molecule has 0 radical (unpaired) electrons. The molecule has 0 bridgehead atoms. The van der Waals surface area contributed by atoms with E-state index in [1.807, 2.05) is 13.8 Å². The maximum atomic E-state index is 11.8. The van der Waals surface area contributed by atoms with Crippen LogP contribution in [0.5, 0.6) is 0 Å². The van der Waals surface area contributed by atoms with Crippen LogP contribution in [0.25, 0.3) is 5.57 Å². The van der Waals surface area contributed by atoms with E-state index in [2.05, 4.69) is 26.8 Å². The van der Waals surface area contributed by atoms with E-state index in [0.29, 0.717) is 6.61 Å². The third-order valence-corrected chi connectivity index (χ3v) is 5.75. The number of carbonyl (C=O) groups excluding carboxylic acids is 1. The molecule has 162 valence electrons. The standard InChI is InChI=1S/C16H25N3O2S2.C2H2O4/c1-4-12(16(20)21-5-2)8-10-22-15-14(17-23-18-15)13-7-6-9-19(3)11-13;3-1(4)2(5)6/h7,12H,4-6,8-11H2,1-3H3;(H,3,4)(H,5,6). The van der Waals surface area contributed by atoms with Gasteiger partial charge in [-0.15, -0.1) is 11.8 Å². The fourth-order valence-electron chi connectivity index (χ4n) is 2.58. The van der Waals surface area contributed by atoms with Crippen molar-refractivity contribution < 1.29 is 29.3 Å². The monoisotopic (exact) mass is 445 g/mol. The van der Waals surface area contributed by atoms with E-state index in [4.69, 9.17) is 24.5 Å². The van der Waals surface area contributed by atoms with E-state index < -0.39 is 11.9 Å². The van der Waals surface area contributed by atoms with Crippen molar-refractivity contribution in [3.05, 3.63) is 11.8 Å². The Morgan fingerprint density at radius 2 is 1.97 bits per heavy atom. The highest BCUT2D eigenvalue weighted by molar-refractivity contribution is 7.99. The van der Waals surface area contributed by atoms with Crippen LogP contribution in [0.2, 0.25) is 0 Å². The van der Waals surface area contributed by atoms with E-state index in [1.165, 1.54) is 17.3 Å². The van der Waals surface area contributed by atoms with E-state index in [0.717, 1.165) is 48.8 Å². The molecule has 29 heavy (non-hydrogen) atoms. The van der Waals surface area contributed by atoms with Gasteiger partial charge in [0.1, 0.15) is 10.7 Å². The Bertz CT molecular complexity index is 710. The minimum atomic E-state index is -1.82. The van der Waals surface area contributed by atoms with E-state index in [1.54, 1.807) is 11.8 Å². The molecule has 0 fully saturated rings. The van der Waals surface area contributed by atoms with E-state index in [-0.39, 0.29) is 11.9 Å². The molecule has 2 rings (SSSR count). The zero-order valence-corrected chi connectivity index (χ0v) is 18.4. The highest BCUT2D eigenvalue weighted by Gasteiger charge is 2.20. The predicted molar refractivity (Wildman–Crippen MR) is 111 cm³/mol. The topological polar surface area (TPSA) is 130 Å². The third kappa shape index (κ3) is 8.92. The summed E-state index contributed by atoms with van der Waals surface area (Å²) in [5.41, 5.74) is 2.29. The molecule has 1 aliphatic rings. The molecule has 2 heterocycles. The number of carbonyl (C=O) groups is 3. The summed E-state index contributed by atoms with van der Waals surface area (Å²) >= 11 is 2.97. The van der Waals surface area contributed by atoms with Gasteiger partial charge >= 0.3 is 17.9 Å². The molecule has 0 spiro atoms. The number of aromatic nitrogens is 2. The average Bonchev–Trinajstić information content (AvgIpc) is 3.14. The lowest BCUT2D eigenvalue weighted by Crippen LogP contribution is -2.25. The number of likely N-dealkylation sites (N-methyl/N-ethyl adjacent to an activating group) is 1. The fourth-order valence-corrected chi connectivity index (χ4v) is 4.35. The number of hydrogen-bond donors (Lipinski definition) is 2. The van der Waals surface area contributed by atoms with Crippen LogP contribution in [0.4, 0.5) is 0 Å². The van der Waals surface area contributed by atoms with Crippen molar-refractivity contribution in [3.8, 4) is 0 Å². The summed E-state index contributed by atoms with van der Waals surface area (Å²) < 4.78 is 14.0. The first-order chi connectivity index (χ1) is 13.8. The quantitative estimate of drug-likeness (QED) is 0.349. The summed E-state index contributed by atoms with van der Waals surface area (Å²) in [6.45, 7) is 6.36. The van der Waals surface area contributed by atoms with Gasteiger partial charge in [-0.05, 0) is 38.8 Å². The third-order valence-electron chi connectivity index (χ3n) is 4.11. The SMILES string of the molecule is CCOC(=O)C(CC)CCSc1nsnc1C1=CCCN(C)C1.O=C(O)C(=O)O. The normalized spacial score (nSPS) is 14.9. The molecule has 9 nitrogen and oxygen atoms in total. The second-order valence-electron chi connectivity index (χ2n) is 6.28. The maximum absolute atomic E-state index is 11.8. The summed E-state index contributed by atoms with van der Waals surface area (Å²) in [5, 5.41) is 15.8. The minimum absolute atomic E-state index is 0.0162. The zero-order valence-electron chi connectivity index (χ0n) is 16.8. The lowest BCUT2D eigenvalue weighted by molar-refractivity contribution is -0.159. The Balaban J connectivity index is 0.000000612. The van der Waals surface area contributed by atoms with Crippen LogP contribution in [0, 0.1) is 5.92 Å². The number of ether oxygens (including phenoxy) is 1. The molecule has 0 amide bonds. The van der Waals surface area contributed by atoms with Crippen molar-refractivity contribution in [1.82, 2.24) is 13.6 Å². The Labute approximate surface area is 178 Å². The molecule has 2 N–H and O–H groups in total. The molecule has 11 heteroatoms. The number of carboxylic acid groups (broad SMARTS) is 2. The van der Waals surface area contributed by atoms with Crippen LogP contribution in [-0.2, 0) is 19.1 Å². The Kier molecular flexibility index (Phi) is 11.5. The van der Waals surface area contributed by atoms with Crippen molar-refractivity contribution in [2.24, 2.45) is 5.92 Å². The second-order valence-corrected chi connectivity index (χ2v) is 7.89. The highest BCUT2D eigenvalue weighted by Crippen LogP contribution is 2.30. The summed E-state index contributed by atoms with van der Waals surface area (Å²) in [7, 11) is 2.13. The molecule has 1 aromatic rings. The van der Waals surface area contributed by atoms with Crippen LogP contribution in [0.3, 0.4) is 0 Å². The van der Waals surface area contributed by atoms with Gasteiger partial charge in [-0.25, -0.2) is 9.59 Å². The lowest BCUT2D eigenvalue weighted by Gasteiger charge is -2.22. The van der Waals surface area contributed by atoms with Gasteiger partial charge in [-0.3, -0.25) is 4.79 Å². The highest BCUT2D eigenvalue weighted by atomic mass is 32.2.